The second-order valence-corrected chi connectivity index (χ2v) is 6.26. The van der Waals surface area contributed by atoms with Crippen LogP contribution in [-0.2, 0) is 5.60 Å². The van der Waals surface area contributed by atoms with Crippen molar-refractivity contribution in [1.82, 2.24) is 5.32 Å². The Morgan fingerprint density at radius 2 is 1.95 bits per heavy atom. The zero-order valence-corrected chi connectivity index (χ0v) is 12.8. The van der Waals surface area contributed by atoms with Crippen molar-refractivity contribution in [3.8, 4) is 0 Å². The number of thiophene rings is 1. The van der Waals surface area contributed by atoms with Gasteiger partial charge in [0, 0.05) is 10.4 Å². The van der Waals surface area contributed by atoms with Gasteiger partial charge in [-0.15, -0.1) is 11.3 Å². The van der Waals surface area contributed by atoms with Gasteiger partial charge < -0.3 is 10.4 Å². The minimum Gasteiger partial charge on any atom is -0.383 e. The van der Waals surface area contributed by atoms with E-state index < -0.39 is 5.60 Å². The van der Waals surface area contributed by atoms with Crippen molar-refractivity contribution >= 4 is 17.2 Å². The number of benzene rings is 1. The number of hydrogen-bond acceptors (Lipinski definition) is 3. The van der Waals surface area contributed by atoms with Crippen LogP contribution in [-0.4, -0.2) is 17.6 Å². The zero-order chi connectivity index (χ0) is 14.8. The molecule has 0 fully saturated rings. The molecular formula is C16H19NO2S. The molecule has 1 heterocycles. The van der Waals surface area contributed by atoms with Crippen molar-refractivity contribution in [2.24, 2.45) is 0 Å². The van der Waals surface area contributed by atoms with E-state index in [9.17, 15) is 9.90 Å². The Labute approximate surface area is 123 Å². The first-order valence-corrected chi connectivity index (χ1v) is 7.39. The normalized spacial score (nSPS) is 13.8. The van der Waals surface area contributed by atoms with Crippen molar-refractivity contribution in [3.63, 3.8) is 0 Å². The Bertz CT molecular complexity index is 583. The topological polar surface area (TPSA) is 49.3 Å². The summed E-state index contributed by atoms with van der Waals surface area (Å²) in [7, 11) is 0. The lowest BCUT2D eigenvalue weighted by molar-refractivity contribution is 0.0556. The van der Waals surface area contributed by atoms with E-state index in [0.29, 0.717) is 5.56 Å². The highest BCUT2D eigenvalue weighted by Crippen LogP contribution is 2.24. The van der Waals surface area contributed by atoms with Gasteiger partial charge in [-0.1, -0.05) is 23.3 Å². The highest BCUT2D eigenvalue weighted by Gasteiger charge is 2.25. The number of aryl methyl sites for hydroxylation is 2. The first kappa shape index (κ1) is 14.8. The Balaban J connectivity index is 2.05. The molecule has 0 bridgehead atoms. The summed E-state index contributed by atoms with van der Waals surface area (Å²) >= 11 is 1.48. The monoisotopic (exact) mass is 289 g/mol. The van der Waals surface area contributed by atoms with Crippen LogP contribution in [0.5, 0.6) is 0 Å². The first-order chi connectivity index (χ1) is 9.38. The summed E-state index contributed by atoms with van der Waals surface area (Å²) in [5.74, 6) is -0.159. The maximum atomic E-state index is 12.1. The summed E-state index contributed by atoms with van der Waals surface area (Å²) in [6, 6.07) is 9.48. The van der Waals surface area contributed by atoms with Crippen LogP contribution in [0.3, 0.4) is 0 Å². The second-order valence-electron chi connectivity index (χ2n) is 5.31. The fourth-order valence-corrected chi connectivity index (χ4v) is 2.92. The van der Waals surface area contributed by atoms with Crippen LogP contribution in [0.4, 0.5) is 0 Å². The van der Waals surface area contributed by atoms with E-state index in [2.05, 4.69) is 5.32 Å². The van der Waals surface area contributed by atoms with Crippen LogP contribution < -0.4 is 5.32 Å². The van der Waals surface area contributed by atoms with Crippen LogP contribution in [0.25, 0.3) is 0 Å². The molecule has 20 heavy (non-hydrogen) atoms. The summed E-state index contributed by atoms with van der Waals surface area (Å²) in [4.78, 5) is 13.0. The molecule has 0 spiro atoms. The molecular weight excluding hydrogens is 270 g/mol. The van der Waals surface area contributed by atoms with E-state index in [1.807, 2.05) is 49.6 Å². The van der Waals surface area contributed by atoms with Crippen molar-refractivity contribution in [2.75, 3.05) is 6.54 Å². The third kappa shape index (κ3) is 3.46. The van der Waals surface area contributed by atoms with Crippen LogP contribution in [0.1, 0.15) is 33.3 Å². The number of aliphatic hydroxyl groups is 1. The van der Waals surface area contributed by atoms with Gasteiger partial charge in [0.05, 0.1) is 6.54 Å². The Morgan fingerprint density at radius 1 is 1.30 bits per heavy atom. The van der Waals surface area contributed by atoms with Gasteiger partial charge in [0.2, 0.25) is 0 Å². The Hall–Kier alpha value is -1.65. The molecule has 0 aliphatic rings. The van der Waals surface area contributed by atoms with Crippen molar-refractivity contribution in [3.05, 3.63) is 57.3 Å². The molecule has 0 aliphatic carbocycles. The highest BCUT2D eigenvalue weighted by molar-refractivity contribution is 7.10. The van der Waals surface area contributed by atoms with E-state index in [4.69, 9.17) is 0 Å². The van der Waals surface area contributed by atoms with Gasteiger partial charge in [0.15, 0.2) is 0 Å². The predicted octanol–water partition coefficient (Wildman–Crippen LogP) is 3.00. The van der Waals surface area contributed by atoms with E-state index in [1.54, 1.807) is 6.92 Å². The van der Waals surface area contributed by atoms with Gasteiger partial charge in [-0.3, -0.25) is 4.79 Å². The maximum absolute atomic E-state index is 12.1. The molecule has 0 aliphatic heterocycles. The minimum atomic E-state index is -1.04. The molecule has 2 rings (SSSR count). The molecule has 2 N–H and O–H groups in total. The summed E-state index contributed by atoms with van der Waals surface area (Å²) < 4.78 is 0. The van der Waals surface area contributed by atoms with Crippen molar-refractivity contribution < 1.29 is 9.90 Å². The number of hydrogen-bond donors (Lipinski definition) is 2. The molecule has 4 heteroatoms. The van der Waals surface area contributed by atoms with Crippen molar-refractivity contribution in [1.29, 1.82) is 0 Å². The number of rotatable bonds is 4. The molecule has 106 valence electrons. The smallest absolute Gasteiger partial charge is 0.251 e. The van der Waals surface area contributed by atoms with E-state index >= 15 is 0 Å². The van der Waals surface area contributed by atoms with Crippen LogP contribution in [0.2, 0.25) is 0 Å². The summed E-state index contributed by atoms with van der Waals surface area (Å²) in [5, 5.41) is 15.1. The highest BCUT2D eigenvalue weighted by atomic mass is 32.1. The molecule has 1 aromatic carbocycles. The van der Waals surface area contributed by atoms with Crippen molar-refractivity contribution in [2.45, 2.75) is 26.4 Å². The fraction of sp³-hybridized carbons (Fsp3) is 0.312. The molecule has 1 aromatic heterocycles. The van der Waals surface area contributed by atoms with Crippen LogP contribution >= 0.6 is 11.3 Å². The van der Waals surface area contributed by atoms with Crippen LogP contribution in [0, 0.1) is 13.8 Å². The minimum absolute atomic E-state index is 0.159. The number of carbonyl (C=O) groups excluding carboxylic acids is 1. The average molecular weight is 289 g/mol. The van der Waals surface area contributed by atoms with E-state index in [0.717, 1.165) is 16.0 Å². The first-order valence-electron chi connectivity index (χ1n) is 6.51. The average Bonchev–Trinajstić information content (AvgIpc) is 2.89. The standard InChI is InChI=1S/C16H19NO2S/c1-11-7-12(2)9-13(8-11)15(18)17-10-16(3,19)14-5-4-6-20-14/h4-9,19H,10H2,1-3H3,(H,17,18). The summed E-state index contributed by atoms with van der Waals surface area (Å²) in [6.07, 6.45) is 0. The largest absolute Gasteiger partial charge is 0.383 e. The van der Waals surface area contributed by atoms with Crippen LogP contribution in [0.15, 0.2) is 35.7 Å². The van der Waals surface area contributed by atoms with E-state index in [1.165, 1.54) is 11.3 Å². The summed E-state index contributed by atoms with van der Waals surface area (Å²) in [5.41, 5.74) is 1.70. The van der Waals surface area contributed by atoms with Gasteiger partial charge in [0.1, 0.15) is 5.60 Å². The summed E-state index contributed by atoms with van der Waals surface area (Å²) in [6.45, 7) is 5.83. The molecule has 3 nitrogen and oxygen atoms in total. The lowest BCUT2D eigenvalue weighted by Gasteiger charge is -2.22. The quantitative estimate of drug-likeness (QED) is 0.909. The molecule has 0 saturated heterocycles. The maximum Gasteiger partial charge on any atom is 0.251 e. The number of nitrogens with one attached hydrogen (secondary N) is 1. The Kier molecular flexibility index (Phi) is 4.26. The third-order valence-electron chi connectivity index (χ3n) is 3.13. The number of carbonyl (C=O) groups is 1. The lowest BCUT2D eigenvalue weighted by Crippen LogP contribution is -2.38. The molecule has 1 unspecified atom stereocenters. The van der Waals surface area contributed by atoms with Gasteiger partial charge in [-0.2, -0.15) is 0 Å². The second kappa shape index (κ2) is 5.77. The van der Waals surface area contributed by atoms with Gasteiger partial charge >= 0.3 is 0 Å². The van der Waals surface area contributed by atoms with Gasteiger partial charge in [-0.25, -0.2) is 0 Å². The SMILES string of the molecule is Cc1cc(C)cc(C(=O)NCC(C)(O)c2cccs2)c1. The lowest BCUT2D eigenvalue weighted by atomic mass is 10.0. The fourth-order valence-electron chi connectivity index (χ4n) is 2.13. The molecule has 1 amide bonds. The van der Waals surface area contributed by atoms with E-state index in [-0.39, 0.29) is 12.5 Å². The zero-order valence-electron chi connectivity index (χ0n) is 11.9. The van der Waals surface area contributed by atoms with Gasteiger partial charge in [0.25, 0.3) is 5.91 Å². The molecule has 1 atom stereocenters. The molecule has 0 radical (unpaired) electrons. The predicted molar refractivity (Wildman–Crippen MR) is 82.1 cm³/mol. The molecule has 2 aromatic rings. The number of amides is 1. The third-order valence-corrected chi connectivity index (χ3v) is 4.25. The molecule has 0 saturated carbocycles. The van der Waals surface area contributed by atoms with Gasteiger partial charge in [-0.05, 0) is 44.4 Å². The Morgan fingerprint density at radius 3 is 2.50 bits per heavy atom.